The summed E-state index contributed by atoms with van der Waals surface area (Å²) in [5.74, 6) is -0.458. The Kier molecular flexibility index (Phi) is 4.11. The van der Waals surface area contributed by atoms with Crippen LogP contribution in [0.15, 0.2) is 18.3 Å². The van der Waals surface area contributed by atoms with E-state index in [2.05, 4.69) is 16.6 Å². The number of thioether (sulfide) groups is 1. The summed E-state index contributed by atoms with van der Waals surface area (Å²) in [7, 11) is 0. The monoisotopic (exact) mass is 266 g/mol. The van der Waals surface area contributed by atoms with E-state index in [1.165, 1.54) is 25.7 Å². The third-order valence-corrected chi connectivity index (χ3v) is 4.98. The van der Waals surface area contributed by atoms with E-state index in [0.717, 1.165) is 6.54 Å². The van der Waals surface area contributed by atoms with Crippen molar-refractivity contribution < 1.29 is 9.90 Å². The number of hydrogen-bond donors (Lipinski definition) is 2. The van der Waals surface area contributed by atoms with Gasteiger partial charge in [0.1, 0.15) is 11.4 Å². The fourth-order valence-electron chi connectivity index (χ4n) is 2.44. The van der Waals surface area contributed by atoms with Crippen molar-refractivity contribution >= 4 is 23.5 Å². The Bertz CT molecular complexity index is 431. The first-order chi connectivity index (χ1) is 8.67. The number of aromatic carboxylic acids is 1. The van der Waals surface area contributed by atoms with Gasteiger partial charge in [-0.25, -0.2) is 9.78 Å². The first kappa shape index (κ1) is 13.2. The van der Waals surface area contributed by atoms with Gasteiger partial charge in [-0.15, -0.1) is 0 Å². The first-order valence-electron chi connectivity index (χ1n) is 6.14. The molecule has 1 aromatic rings. The Labute approximate surface area is 111 Å². The quantitative estimate of drug-likeness (QED) is 0.858. The number of nitrogens with zero attached hydrogens (tertiary/aromatic N) is 1. The molecule has 0 aromatic carbocycles. The van der Waals surface area contributed by atoms with Crippen LogP contribution in [0.5, 0.6) is 0 Å². The first-order valence-corrected chi connectivity index (χ1v) is 7.37. The van der Waals surface area contributed by atoms with Gasteiger partial charge in [0.25, 0.3) is 0 Å². The molecule has 1 aliphatic carbocycles. The maximum atomic E-state index is 11.1. The van der Waals surface area contributed by atoms with Crippen LogP contribution in [0.4, 0.5) is 5.82 Å². The zero-order chi connectivity index (χ0) is 13.0. The largest absolute Gasteiger partial charge is 0.478 e. The Morgan fingerprint density at radius 2 is 2.28 bits per heavy atom. The van der Waals surface area contributed by atoms with Gasteiger partial charge in [-0.2, -0.15) is 11.8 Å². The van der Waals surface area contributed by atoms with Crippen molar-refractivity contribution in [1.82, 2.24) is 4.98 Å². The molecule has 1 aliphatic rings. The summed E-state index contributed by atoms with van der Waals surface area (Å²) >= 11 is 1.88. The molecule has 0 atom stereocenters. The fourth-order valence-corrected chi connectivity index (χ4v) is 3.35. The van der Waals surface area contributed by atoms with E-state index in [0.29, 0.717) is 5.82 Å². The Morgan fingerprint density at radius 1 is 1.56 bits per heavy atom. The predicted octanol–water partition coefficient (Wildman–Crippen LogP) is 2.87. The molecule has 0 aliphatic heterocycles. The van der Waals surface area contributed by atoms with Gasteiger partial charge < -0.3 is 10.4 Å². The van der Waals surface area contributed by atoms with Crippen molar-refractivity contribution in [3.8, 4) is 0 Å². The molecule has 0 amide bonds. The van der Waals surface area contributed by atoms with Crippen LogP contribution in [0.3, 0.4) is 0 Å². The van der Waals surface area contributed by atoms with Gasteiger partial charge in [0, 0.05) is 17.5 Å². The van der Waals surface area contributed by atoms with Crippen LogP contribution >= 0.6 is 11.8 Å². The normalized spacial score (nSPS) is 17.6. The second-order valence-corrected chi connectivity index (χ2v) is 5.93. The molecule has 0 bridgehead atoms. The number of rotatable bonds is 5. The molecular weight excluding hydrogens is 248 g/mol. The van der Waals surface area contributed by atoms with E-state index in [-0.39, 0.29) is 10.3 Å². The highest BCUT2D eigenvalue weighted by molar-refractivity contribution is 8.00. The molecule has 2 N–H and O–H groups in total. The molecule has 0 saturated heterocycles. The molecule has 5 heteroatoms. The summed E-state index contributed by atoms with van der Waals surface area (Å²) < 4.78 is 0.243. The molecule has 1 aromatic heterocycles. The summed E-state index contributed by atoms with van der Waals surface area (Å²) in [5.41, 5.74) is 0.242. The van der Waals surface area contributed by atoms with Gasteiger partial charge in [-0.05, 0) is 31.2 Å². The summed E-state index contributed by atoms with van der Waals surface area (Å²) in [6.07, 6.45) is 8.65. The minimum atomic E-state index is -0.935. The Hall–Kier alpha value is -1.23. The van der Waals surface area contributed by atoms with Crippen molar-refractivity contribution in [3.05, 3.63) is 23.9 Å². The van der Waals surface area contributed by atoms with Crippen molar-refractivity contribution in [1.29, 1.82) is 0 Å². The topological polar surface area (TPSA) is 62.2 Å². The van der Waals surface area contributed by atoms with Crippen LogP contribution in [-0.4, -0.2) is 33.6 Å². The number of carboxylic acids is 1. The molecule has 1 saturated carbocycles. The van der Waals surface area contributed by atoms with E-state index >= 15 is 0 Å². The number of anilines is 1. The number of hydrogen-bond acceptors (Lipinski definition) is 4. The zero-order valence-corrected chi connectivity index (χ0v) is 11.3. The maximum absolute atomic E-state index is 11.1. The van der Waals surface area contributed by atoms with Crippen LogP contribution in [0.2, 0.25) is 0 Å². The van der Waals surface area contributed by atoms with Crippen LogP contribution in [0.25, 0.3) is 0 Å². The smallest absolute Gasteiger partial charge is 0.339 e. The molecule has 0 spiro atoms. The van der Waals surface area contributed by atoms with E-state index in [4.69, 9.17) is 5.11 Å². The number of nitrogens with one attached hydrogen (secondary N) is 1. The molecule has 4 nitrogen and oxygen atoms in total. The number of carboxylic acid groups (broad SMARTS) is 1. The fraction of sp³-hybridized carbons (Fsp3) is 0.538. The summed E-state index contributed by atoms with van der Waals surface area (Å²) in [6.45, 7) is 0.783. The third-order valence-electron chi connectivity index (χ3n) is 3.56. The van der Waals surface area contributed by atoms with Gasteiger partial charge in [-0.3, -0.25) is 0 Å². The lowest BCUT2D eigenvalue weighted by Crippen LogP contribution is -2.30. The molecule has 0 unspecified atom stereocenters. The second kappa shape index (κ2) is 5.61. The molecule has 0 radical (unpaired) electrons. The summed E-state index contributed by atoms with van der Waals surface area (Å²) in [5, 5.41) is 12.3. The second-order valence-electron chi connectivity index (χ2n) is 4.65. The average Bonchev–Trinajstić information content (AvgIpc) is 2.86. The summed E-state index contributed by atoms with van der Waals surface area (Å²) in [4.78, 5) is 15.2. The lowest BCUT2D eigenvalue weighted by molar-refractivity contribution is 0.0697. The van der Waals surface area contributed by atoms with Crippen LogP contribution in [0, 0.1) is 0 Å². The van der Waals surface area contributed by atoms with E-state index in [1.807, 2.05) is 11.8 Å². The molecule has 1 fully saturated rings. The van der Waals surface area contributed by atoms with E-state index < -0.39 is 5.97 Å². The van der Waals surface area contributed by atoms with Crippen LogP contribution < -0.4 is 5.32 Å². The summed E-state index contributed by atoms with van der Waals surface area (Å²) in [6, 6.07) is 3.23. The lowest BCUT2D eigenvalue weighted by Gasteiger charge is -2.27. The molecule has 1 heterocycles. The molecule has 98 valence electrons. The molecule has 2 rings (SSSR count). The zero-order valence-electron chi connectivity index (χ0n) is 10.5. The van der Waals surface area contributed by atoms with Crippen molar-refractivity contribution in [3.63, 3.8) is 0 Å². The third kappa shape index (κ3) is 2.77. The highest BCUT2D eigenvalue weighted by Gasteiger charge is 2.33. The van der Waals surface area contributed by atoms with Crippen LogP contribution in [-0.2, 0) is 0 Å². The van der Waals surface area contributed by atoms with Crippen LogP contribution in [0.1, 0.15) is 36.0 Å². The van der Waals surface area contributed by atoms with Gasteiger partial charge in [-0.1, -0.05) is 12.8 Å². The highest BCUT2D eigenvalue weighted by atomic mass is 32.2. The minimum Gasteiger partial charge on any atom is -0.478 e. The minimum absolute atomic E-state index is 0.242. The van der Waals surface area contributed by atoms with Crippen molar-refractivity contribution in [2.24, 2.45) is 0 Å². The number of pyridine rings is 1. The van der Waals surface area contributed by atoms with Gasteiger partial charge in [0.15, 0.2) is 0 Å². The molecule has 18 heavy (non-hydrogen) atoms. The number of carbonyl (C=O) groups is 1. The average molecular weight is 266 g/mol. The number of aromatic nitrogens is 1. The SMILES string of the molecule is CSC1(CNc2ncccc2C(=O)O)CCCC1. The van der Waals surface area contributed by atoms with Gasteiger partial charge >= 0.3 is 5.97 Å². The van der Waals surface area contributed by atoms with Gasteiger partial charge in [0.05, 0.1) is 0 Å². The maximum Gasteiger partial charge on any atom is 0.339 e. The van der Waals surface area contributed by atoms with Gasteiger partial charge in [0.2, 0.25) is 0 Å². The standard InChI is InChI=1S/C13H18N2O2S/c1-18-13(6-2-3-7-13)9-15-11-10(12(16)17)5-4-8-14-11/h4-5,8H,2-3,6-7,9H2,1H3,(H,14,15)(H,16,17). The van der Waals surface area contributed by atoms with Crippen molar-refractivity contribution in [2.45, 2.75) is 30.4 Å². The highest BCUT2D eigenvalue weighted by Crippen LogP contribution is 2.40. The Morgan fingerprint density at radius 3 is 2.89 bits per heavy atom. The van der Waals surface area contributed by atoms with E-state index in [1.54, 1.807) is 18.3 Å². The molecular formula is C13H18N2O2S. The lowest BCUT2D eigenvalue weighted by atomic mass is 10.1. The Balaban J connectivity index is 2.08. The van der Waals surface area contributed by atoms with Crippen molar-refractivity contribution in [2.75, 3.05) is 18.1 Å². The van der Waals surface area contributed by atoms with E-state index in [9.17, 15) is 4.79 Å². The predicted molar refractivity (Wildman–Crippen MR) is 74.4 cm³/mol.